The first kappa shape index (κ1) is 19.7. The van der Waals surface area contributed by atoms with Crippen LogP contribution in [-0.4, -0.2) is 31.6 Å². The highest BCUT2D eigenvalue weighted by atomic mass is 32.1. The first-order valence-corrected chi connectivity index (χ1v) is 8.79. The van der Waals surface area contributed by atoms with Gasteiger partial charge in [-0.05, 0) is 50.5 Å². The highest BCUT2D eigenvalue weighted by Gasteiger charge is 2.22. The largest absolute Gasteiger partial charge is 0.465 e. The van der Waals surface area contributed by atoms with Crippen molar-refractivity contribution in [2.24, 2.45) is 0 Å². The van der Waals surface area contributed by atoms with Crippen molar-refractivity contribution in [2.45, 2.75) is 27.7 Å². The minimum absolute atomic E-state index is 0.323. The lowest BCUT2D eigenvalue weighted by Gasteiger charge is -2.09. The van der Waals surface area contributed by atoms with Crippen molar-refractivity contribution in [1.29, 1.82) is 0 Å². The predicted octanol–water partition coefficient (Wildman–Crippen LogP) is 3.56. The van der Waals surface area contributed by atoms with Gasteiger partial charge in [0.1, 0.15) is 5.00 Å². The van der Waals surface area contributed by atoms with Gasteiger partial charge in [-0.2, -0.15) is 0 Å². The van der Waals surface area contributed by atoms with Crippen LogP contribution in [0.1, 0.15) is 42.3 Å². The third-order valence-electron chi connectivity index (χ3n) is 4.19. The number of amides is 1. The van der Waals surface area contributed by atoms with Crippen LogP contribution in [0, 0.1) is 27.7 Å². The Bertz CT molecular complexity index is 869. The SMILES string of the molecule is COC(=O)c1c(NC(=O)COC(=O)c2cccc(C)c2C)sc(C)c1C. The van der Waals surface area contributed by atoms with E-state index in [4.69, 9.17) is 9.47 Å². The Labute approximate surface area is 156 Å². The smallest absolute Gasteiger partial charge is 0.341 e. The topological polar surface area (TPSA) is 81.7 Å². The Balaban J connectivity index is 2.06. The van der Waals surface area contributed by atoms with Crippen LogP contribution in [-0.2, 0) is 14.3 Å². The van der Waals surface area contributed by atoms with Crippen molar-refractivity contribution in [3.63, 3.8) is 0 Å². The zero-order chi connectivity index (χ0) is 19.4. The van der Waals surface area contributed by atoms with Crippen molar-refractivity contribution < 1.29 is 23.9 Å². The molecule has 0 saturated carbocycles. The first-order chi connectivity index (χ1) is 12.3. The second-order valence-electron chi connectivity index (χ2n) is 5.85. The molecule has 0 aliphatic heterocycles. The molecule has 26 heavy (non-hydrogen) atoms. The van der Waals surface area contributed by atoms with Gasteiger partial charge in [-0.15, -0.1) is 11.3 Å². The molecule has 0 saturated heterocycles. The van der Waals surface area contributed by atoms with Crippen LogP contribution in [0.15, 0.2) is 18.2 Å². The Morgan fingerprint density at radius 1 is 1.04 bits per heavy atom. The second kappa shape index (κ2) is 8.14. The summed E-state index contributed by atoms with van der Waals surface area (Å²) in [6.45, 7) is 6.92. The standard InChI is InChI=1S/C19H21NO5S/c1-10-7-6-8-14(11(10)2)18(22)25-9-15(21)20-17-16(19(23)24-5)12(3)13(4)26-17/h6-8H,9H2,1-5H3,(H,20,21). The number of hydrogen-bond acceptors (Lipinski definition) is 6. The Morgan fingerprint density at radius 3 is 2.38 bits per heavy atom. The fraction of sp³-hybridized carbons (Fsp3) is 0.316. The van der Waals surface area contributed by atoms with Gasteiger partial charge in [0, 0.05) is 4.88 Å². The predicted molar refractivity (Wildman–Crippen MR) is 100.0 cm³/mol. The van der Waals surface area contributed by atoms with E-state index in [1.165, 1.54) is 18.4 Å². The molecule has 2 rings (SSSR count). The molecule has 1 aromatic carbocycles. The lowest BCUT2D eigenvalue weighted by atomic mass is 10.0. The van der Waals surface area contributed by atoms with Gasteiger partial charge in [0.15, 0.2) is 6.61 Å². The molecule has 6 nitrogen and oxygen atoms in total. The molecule has 1 aromatic heterocycles. The summed E-state index contributed by atoms with van der Waals surface area (Å²) in [5.74, 6) is -1.60. The number of aryl methyl sites for hydroxylation is 2. The number of nitrogens with one attached hydrogen (secondary N) is 1. The van der Waals surface area contributed by atoms with Gasteiger partial charge in [-0.1, -0.05) is 12.1 Å². The van der Waals surface area contributed by atoms with Crippen molar-refractivity contribution >= 4 is 34.2 Å². The lowest BCUT2D eigenvalue weighted by molar-refractivity contribution is -0.119. The summed E-state index contributed by atoms with van der Waals surface area (Å²) in [5, 5.41) is 3.01. The van der Waals surface area contributed by atoms with Crippen LogP contribution in [0.25, 0.3) is 0 Å². The summed E-state index contributed by atoms with van der Waals surface area (Å²) in [4.78, 5) is 37.1. The van der Waals surface area contributed by atoms with Crippen LogP contribution < -0.4 is 5.32 Å². The van der Waals surface area contributed by atoms with E-state index in [1.807, 2.05) is 26.8 Å². The number of rotatable bonds is 5. The Kier molecular flexibility index (Phi) is 6.15. The number of ether oxygens (including phenoxy) is 2. The zero-order valence-electron chi connectivity index (χ0n) is 15.4. The molecule has 2 aromatic rings. The average molecular weight is 375 g/mol. The van der Waals surface area contributed by atoms with Crippen molar-refractivity contribution in [3.05, 3.63) is 50.9 Å². The van der Waals surface area contributed by atoms with Crippen LogP contribution in [0.2, 0.25) is 0 Å². The summed E-state index contributed by atoms with van der Waals surface area (Å²) in [7, 11) is 1.28. The van der Waals surface area contributed by atoms with E-state index in [0.717, 1.165) is 21.6 Å². The van der Waals surface area contributed by atoms with Crippen LogP contribution in [0.3, 0.4) is 0 Å². The number of benzene rings is 1. The molecule has 7 heteroatoms. The molecule has 1 amide bonds. The van der Waals surface area contributed by atoms with Gasteiger partial charge in [-0.3, -0.25) is 4.79 Å². The third-order valence-corrected chi connectivity index (χ3v) is 5.31. The monoisotopic (exact) mass is 375 g/mol. The average Bonchev–Trinajstić information content (AvgIpc) is 2.88. The third kappa shape index (κ3) is 4.11. The molecular formula is C19H21NO5S. The van der Waals surface area contributed by atoms with Crippen LogP contribution >= 0.6 is 11.3 Å². The van der Waals surface area contributed by atoms with Gasteiger partial charge < -0.3 is 14.8 Å². The van der Waals surface area contributed by atoms with Gasteiger partial charge >= 0.3 is 11.9 Å². The summed E-state index contributed by atoms with van der Waals surface area (Å²) in [6, 6.07) is 5.32. The summed E-state index contributed by atoms with van der Waals surface area (Å²) >= 11 is 1.27. The number of anilines is 1. The first-order valence-electron chi connectivity index (χ1n) is 7.97. The highest BCUT2D eigenvalue weighted by Crippen LogP contribution is 2.32. The van der Waals surface area contributed by atoms with E-state index in [-0.39, 0.29) is 0 Å². The maximum atomic E-state index is 12.2. The maximum Gasteiger partial charge on any atom is 0.341 e. The molecule has 138 valence electrons. The van der Waals surface area contributed by atoms with Crippen molar-refractivity contribution in [2.75, 3.05) is 19.0 Å². The maximum absolute atomic E-state index is 12.2. The van der Waals surface area contributed by atoms with Crippen LogP contribution in [0.5, 0.6) is 0 Å². The minimum Gasteiger partial charge on any atom is -0.465 e. The normalized spacial score (nSPS) is 10.3. The molecule has 1 heterocycles. The fourth-order valence-electron chi connectivity index (χ4n) is 2.41. The number of hydrogen-bond donors (Lipinski definition) is 1. The van der Waals surface area contributed by atoms with Crippen molar-refractivity contribution in [1.82, 2.24) is 0 Å². The molecule has 0 atom stereocenters. The number of carbonyl (C=O) groups excluding carboxylic acids is 3. The van der Waals surface area contributed by atoms with Gasteiger partial charge in [0.2, 0.25) is 0 Å². The molecule has 0 spiro atoms. The highest BCUT2D eigenvalue weighted by molar-refractivity contribution is 7.16. The Hall–Kier alpha value is -2.67. The molecule has 0 unspecified atom stereocenters. The fourth-order valence-corrected chi connectivity index (χ4v) is 3.47. The zero-order valence-corrected chi connectivity index (χ0v) is 16.2. The number of carbonyl (C=O) groups is 3. The van der Waals surface area contributed by atoms with E-state index in [2.05, 4.69) is 5.32 Å². The quantitative estimate of drug-likeness (QED) is 0.808. The van der Waals surface area contributed by atoms with E-state index >= 15 is 0 Å². The molecule has 1 N–H and O–H groups in total. The van der Waals surface area contributed by atoms with E-state index < -0.39 is 24.5 Å². The molecule has 0 fully saturated rings. The summed E-state index contributed by atoms with van der Waals surface area (Å²) in [6.07, 6.45) is 0. The van der Waals surface area contributed by atoms with Crippen LogP contribution in [0.4, 0.5) is 5.00 Å². The lowest BCUT2D eigenvalue weighted by Crippen LogP contribution is -2.22. The second-order valence-corrected chi connectivity index (χ2v) is 7.08. The molecule has 0 aliphatic rings. The van der Waals surface area contributed by atoms with Gasteiger partial charge in [0.25, 0.3) is 5.91 Å². The number of esters is 2. The van der Waals surface area contributed by atoms with Gasteiger partial charge in [0.05, 0.1) is 18.2 Å². The van der Waals surface area contributed by atoms with Crippen molar-refractivity contribution in [3.8, 4) is 0 Å². The summed E-state index contributed by atoms with van der Waals surface area (Å²) < 4.78 is 9.86. The number of thiophene rings is 1. The van der Waals surface area contributed by atoms with E-state index in [1.54, 1.807) is 19.1 Å². The Morgan fingerprint density at radius 2 is 1.73 bits per heavy atom. The van der Waals surface area contributed by atoms with E-state index in [9.17, 15) is 14.4 Å². The molecule has 0 aliphatic carbocycles. The minimum atomic E-state index is -0.562. The molecular weight excluding hydrogens is 354 g/mol. The number of methoxy groups -OCH3 is 1. The molecule has 0 bridgehead atoms. The van der Waals surface area contributed by atoms with Gasteiger partial charge in [-0.25, -0.2) is 9.59 Å². The van der Waals surface area contributed by atoms with E-state index in [0.29, 0.717) is 16.1 Å². The summed E-state index contributed by atoms with van der Waals surface area (Å²) in [5.41, 5.74) is 3.29. The molecule has 0 radical (unpaired) electrons.